The Morgan fingerprint density at radius 2 is 2.11 bits per heavy atom. The summed E-state index contributed by atoms with van der Waals surface area (Å²) in [6.45, 7) is 4.59. The zero-order chi connectivity index (χ0) is 13.5. The number of carboxylic acids is 1. The Morgan fingerprint density at radius 1 is 1.39 bits per heavy atom. The highest BCUT2D eigenvalue weighted by Crippen LogP contribution is 2.04. The Kier molecular flexibility index (Phi) is 5.05. The van der Waals surface area contributed by atoms with Crippen LogP contribution in [0.15, 0.2) is 30.4 Å². The van der Waals surface area contributed by atoms with Gasteiger partial charge < -0.3 is 10.0 Å². The van der Waals surface area contributed by atoms with Crippen molar-refractivity contribution < 1.29 is 14.7 Å². The molecule has 0 aliphatic rings. The normalized spacial score (nSPS) is 10.6. The smallest absolute Gasteiger partial charge is 0.328 e. The first-order valence-corrected chi connectivity index (χ1v) is 5.65. The first-order valence-electron chi connectivity index (χ1n) is 5.65. The number of hydrogen-bond acceptors (Lipinski definition) is 3. The van der Waals surface area contributed by atoms with E-state index in [2.05, 4.69) is 4.98 Å². The summed E-state index contributed by atoms with van der Waals surface area (Å²) in [5.74, 6) is -1.46. The number of carboxylic acid groups (broad SMARTS) is 1. The Morgan fingerprint density at radius 3 is 2.67 bits per heavy atom. The van der Waals surface area contributed by atoms with Crippen LogP contribution >= 0.6 is 0 Å². The van der Waals surface area contributed by atoms with Gasteiger partial charge in [0.25, 0.3) is 0 Å². The summed E-state index contributed by atoms with van der Waals surface area (Å²) in [4.78, 5) is 27.9. The van der Waals surface area contributed by atoms with E-state index in [1.807, 2.05) is 32.0 Å². The van der Waals surface area contributed by atoms with Gasteiger partial charge in [-0.05, 0) is 26.0 Å². The summed E-state index contributed by atoms with van der Waals surface area (Å²) in [5.41, 5.74) is 1.67. The van der Waals surface area contributed by atoms with Gasteiger partial charge in [-0.2, -0.15) is 0 Å². The number of carbonyl (C=O) groups is 2. The summed E-state index contributed by atoms with van der Waals surface area (Å²) < 4.78 is 0. The van der Waals surface area contributed by atoms with Crippen LogP contribution in [-0.2, 0) is 16.1 Å². The average molecular weight is 248 g/mol. The number of amides is 1. The van der Waals surface area contributed by atoms with Crippen LogP contribution in [-0.4, -0.2) is 33.4 Å². The van der Waals surface area contributed by atoms with Gasteiger partial charge in [-0.15, -0.1) is 0 Å². The van der Waals surface area contributed by atoms with Gasteiger partial charge >= 0.3 is 5.97 Å². The molecule has 1 N–H and O–H groups in total. The van der Waals surface area contributed by atoms with Crippen LogP contribution in [0.1, 0.15) is 18.3 Å². The van der Waals surface area contributed by atoms with Crippen molar-refractivity contribution in [1.29, 1.82) is 0 Å². The molecule has 1 aromatic rings. The van der Waals surface area contributed by atoms with Crippen molar-refractivity contribution >= 4 is 11.9 Å². The maximum Gasteiger partial charge on any atom is 0.328 e. The summed E-state index contributed by atoms with van der Waals surface area (Å²) in [7, 11) is 0. The van der Waals surface area contributed by atoms with E-state index in [1.165, 1.54) is 4.90 Å². The van der Waals surface area contributed by atoms with Crippen LogP contribution in [0.5, 0.6) is 0 Å². The van der Waals surface area contributed by atoms with E-state index in [0.717, 1.165) is 23.5 Å². The van der Waals surface area contributed by atoms with Crippen molar-refractivity contribution in [1.82, 2.24) is 9.88 Å². The zero-order valence-electron chi connectivity index (χ0n) is 10.5. The third-order valence-electron chi connectivity index (χ3n) is 2.36. The number of rotatable bonds is 5. The number of nitrogens with zero attached hydrogens (tertiary/aromatic N) is 2. The largest absolute Gasteiger partial charge is 0.478 e. The second-order valence-corrected chi connectivity index (χ2v) is 3.79. The van der Waals surface area contributed by atoms with Crippen molar-refractivity contribution in [3.05, 3.63) is 41.7 Å². The van der Waals surface area contributed by atoms with Gasteiger partial charge in [0, 0.05) is 24.4 Å². The van der Waals surface area contributed by atoms with Crippen LogP contribution in [0.3, 0.4) is 0 Å². The van der Waals surface area contributed by atoms with Crippen molar-refractivity contribution in [3.63, 3.8) is 0 Å². The number of aryl methyl sites for hydroxylation is 1. The standard InChI is InChI=1S/C13H16N2O3/c1-3-15(12(16)7-8-13(17)18)9-11-6-4-5-10(2)14-11/h4-8H,3,9H2,1-2H3,(H,17,18). The topological polar surface area (TPSA) is 70.5 Å². The Balaban J connectivity index is 2.73. The lowest BCUT2D eigenvalue weighted by Crippen LogP contribution is -2.29. The molecule has 0 atom stereocenters. The highest BCUT2D eigenvalue weighted by Gasteiger charge is 2.10. The van der Waals surface area contributed by atoms with Crippen molar-refractivity contribution in [2.75, 3.05) is 6.54 Å². The van der Waals surface area contributed by atoms with Crippen molar-refractivity contribution in [2.24, 2.45) is 0 Å². The SMILES string of the molecule is CCN(Cc1cccc(C)n1)C(=O)C=CC(=O)O. The second kappa shape index (κ2) is 6.54. The van der Waals surface area contributed by atoms with E-state index in [0.29, 0.717) is 13.1 Å². The number of aliphatic carboxylic acids is 1. The number of likely N-dealkylation sites (N-methyl/N-ethyl adjacent to an activating group) is 1. The third kappa shape index (κ3) is 4.37. The lowest BCUT2D eigenvalue weighted by atomic mass is 10.3. The molecule has 5 heteroatoms. The Bertz CT molecular complexity index is 469. The average Bonchev–Trinajstić information content (AvgIpc) is 2.33. The molecule has 0 saturated heterocycles. The molecule has 18 heavy (non-hydrogen) atoms. The van der Waals surface area contributed by atoms with E-state index >= 15 is 0 Å². The van der Waals surface area contributed by atoms with Gasteiger partial charge in [-0.25, -0.2) is 4.79 Å². The van der Waals surface area contributed by atoms with Crippen LogP contribution in [0.25, 0.3) is 0 Å². The molecular formula is C13H16N2O3. The van der Waals surface area contributed by atoms with Crippen LogP contribution < -0.4 is 0 Å². The minimum atomic E-state index is -1.13. The fraction of sp³-hybridized carbons (Fsp3) is 0.308. The van der Waals surface area contributed by atoms with Crippen molar-refractivity contribution in [3.8, 4) is 0 Å². The number of carbonyl (C=O) groups excluding carboxylic acids is 1. The molecule has 5 nitrogen and oxygen atoms in total. The first-order chi connectivity index (χ1) is 8.52. The lowest BCUT2D eigenvalue weighted by Gasteiger charge is -2.18. The van der Waals surface area contributed by atoms with E-state index in [1.54, 1.807) is 0 Å². The molecule has 0 aliphatic heterocycles. The van der Waals surface area contributed by atoms with Crippen LogP contribution in [0.4, 0.5) is 0 Å². The molecule has 1 amide bonds. The zero-order valence-corrected chi connectivity index (χ0v) is 10.5. The molecule has 0 fully saturated rings. The summed E-state index contributed by atoms with van der Waals surface area (Å²) >= 11 is 0. The maximum atomic E-state index is 11.7. The molecule has 0 unspecified atom stereocenters. The van der Waals surface area contributed by atoms with Crippen LogP contribution in [0.2, 0.25) is 0 Å². The molecule has 1 heterocycles. The Labute approximate surface area is 106 Å². The van der Waals surface area contributed by atoms with Gasteiger partial charge in [-0.1, -0.05) is 6.07 Å². The Hall–Kier alpha value is -2.17. The van der Waals surface area contributed by atoms with Gasteiger partial charge in [0.2, 0.25) is 5.91 Å². The number of aromatic nitrogens is 1. The van der Waals surface area contributed by atoms with Gasteiger partial charge in [0.15, 0.2) is 0 Å². The molecule has 0 aromatic carbocycles. The summed E-state index contributed by atoms with van der Waals surface area (Å²) in [6.07, 6.45) is 1.90. The van der Waals surface area contributed by atoms with Crippen molar-refractivity contribution in [2.45, 2.75) is 20.4 Å². The van der Waals surface area contributed by atoms with E-state index in [9.17, 15) is 9.59 Å². The van der Waals surface area contributed by atoms with E-state index in [4.69, 9.17) is 5.11 Å². The lowest BCUT2D eigenvalue weighted by molar-refractivity contribution is -0.132. The molecule has 96 valence electrons. The molecule has 0 saturated carbocycles. The van der Waals surface area contributed by atoms with E-state index in [-0.39, 0.29) is 5.91 Å². The highest BCUT2D eigenvalue weighted by molar-refractivity contribution is 5.93. The monoisotopic (exact) mass is 248 g/mol. The molecule has 1 aromatic heterocycles. The number of pyridine rings is 1. The second-order valence-electron chi connectivity index (χ2n) is 3.79. The van der Waals surface area contributed by atoms with E-state index < -0.39 is 5.97 Å². The predicted molar refractivity (Wildman–Crippen MR) is 66.8 cm³/mol. The van der Waals surface area contributed by atoms with Gasteiger partial charge in [-0.3, -0.25) is 9.78 Å². The molecule has 0 spiro atoms. The first kappa shape index (κ1) is 13.9. The summed E-state index contributed by atoms with van der Waals surface area (Å²) in [5, 5.41) is 8.47. The highest BCUT2D eigenvalue weighted by atomic mass is 16.4. The summed E-state index contributed by atoms with van der Waals surface area (Å²) in [6, 6.07) is 5.60. The maximum absolute atomic E-state index is 11.7. The van der Waals surface area contributed by atoms with Gasteiger partial charge in [0.1, 0.15) is 0 Å². The number of hydrogen-bond donors (Lipinski definition) is 1. The molecule has 0 aliphatic carbocycles. The predicted octanol–water partition coefficient (Wildman–Crippen LogP) is 1.38. The molecule has 1 rings (SSSR count). The van der Waals surface area contributed by atoms with Gasteiger partial charge in [0.05, 0.1) is 12.2 Å². The fourth-order valence-electron chi connectivity index (χ4n) is 1.48. The molecule has 0 radical (unpaired) electrons. The minimum Gasteiger partial charge on any atom is -0.478 e. The van der Waals surface area contributed by atoms with Crippen LogP contribution in [0, 0.1) is 6.92 Å². The molecule has 0 bridgehead atoms. The molecular weight excluding hydrogens is 232 g/mol. The fourth-order valence-corrected chi connectivity index (χ4v) is 1.48. The minimum absolute atomic E-state index is 0.330. The quantitative estimate of drug-likeness (QED) is 0.799. The third-order valence-corrected chi connectivity index (χ3v) is 2.36.